The lowest BCUT2D eigenvalue weighted by molar-refractivity contribution is 0.222. The molecule has 0 atom stereocenters. The summed E-state index contributed by atoms with van der Waals surface area (Å²) in [6.45, 7) is 6.04. The van der Waals surface area contributed by atoms with Gasteiger partial charge in [-0.25, -0.2) is 0 Å². The summed E-state index contributed by atoms with van der Waals surface area (Å²) in [5.41, 5.74) is 0.746. The third-order valence-electron chi connectivity index (χ3n) is 4.36. The van der Waals surface area contributed by atoms with Gasteiger partial charge in [-0.15, -0.1) is 11.3 Å². The quantitative estimate of drug-likeness (QED) is 0.701. The molecule has 3 aromatic rings. The van der Waals surface area contributed by atoms with Gasteiger partial charge in [-0.3, -0.25) is 14.8 Å². The lowest BCUT2D eigenvalue weighted by Crippen LogP contribution is -2.30. The summed E-state index contributed by atoms with van der Waals surface area (Å²) in [4.78, 5) is 15.1. The molecule has 1 aliphatic rings. The Hall–Kier alpha value is -2.09. The molecule has 0 aliphatic carbocycles. The van der Waals surface area contributed by atoms with Crippen LogP contribution in [0.5, 0.6) is 0 Å². The van der Waals surface area contributed by atoms with E-state index in [1.165, 1.54) is 4.88 Å². The predicted molar refractivity (Wildman–Crippen MR) is 97.0 cm³/mol. The minimum Gasteiger partial charge on any atom is -0.337 e. The van der Waals surface area contributed by atoms with Gasteiger partial charge in [0, 0.05) is 30.7 Å². The van der Waals surface area contributed by atoms with Crippen molar-refractivity contribution in [3.8, 4) is 11.5 Å². The van der Waals surface area contributed by atoms with Gasteiger partial charge in [0.05, 0.1) is 6.54 Å². The highest BCUT2D eigenvalue weighted by molar-refractivity contribution is 7.09. The largest absolute Gasteiger partial charge is 0.337 e. The molecule has 1 saturated heterocycles. The summed E-state index contributed by atoms with van der Waals surface area (Å²) in [6, 6.07) is 10.0. The molecule has 0 bridgehead atoms. The molecule has 1 aliphatic heterocycles. The van der Waals surface area contributed by atoms with Crippen molar-refractivity contribution in [2.75, 3.05) is 26.2 Å². The minimum absolute atomic E-state index is 0.560. The second-order valence-electron chi connectivity index (χ2n) is 6.21. The van der Waals surface area contributed by atoms with Crippen molar-refractivity contribution in [1.29, 1.82) is 0 Å². The van der Waals surface area contributed by atoms with Crippen LogP contribution in [0.1, 0.15) is 17.2 Å². The fraction of sp³-hybridized carbons (Fsp3) is 0.389. The van der Waals surface area contributed by atoms with Crippen molar-refractivity contribution >= 4 is 11.3 Å². The molecule has 0 N–H and O–H groups in total. The van der Waals surface area contributed by atoms with Gasteiger partial charge < -0.3 is 4.52 Å². The van der Waals surface area contributed by atoms with Crippen LogP contribution >= 0.6 is 11.3 Å². The Kier molecular flexibility index (Phi) is 5.15. The number of aromatic nitrogens is 3. The molecule has 130 valence electrons. The van der Waals surface area contributed by atoms with Crippen molar-refractivity contribution in [3.05, 3.63) is 52.7 Å². The lowest BCUT2D eigenvalue weighted by atomic mass is 10.3. The van der Waals surface area contributed by atoms with Gasteiger partial charge in [-0.05, 0) is 43.1 Å². The Labute approximate surface area is 151 Å². The normalized spacial score (nSPS) is 16.8. The van der Waals surface area contributed by atoms with Gasteiger partial charge in [-0.2, -0.15) is 4.98 Å². The number of thiophene rings is 1. The summed E-state index contributed by atoms with van der Waals surface area (Å²) in [5.74, 6) is 1.22. The van der Waals surface area contributed by atoms with Gasteiger partial charge in [0.15, 0.2) is 0 Å². The predicted octanol–water partition coefficient (Wildman–Crippen LogP) is 2.90. The van der Waals surface area contributed by atoms with Crippen LogP contribution in [-0.2, 0) is 13.1 Å². The van der Waals surface area contributed by atoms with E-state index in [1.807, 2.05) is 29.5 Å². The van der Waals surface area contributed by atoms with Crippen LogP contribution in [0.25, 0.3) is 11.5 Å². The molecule has 4 rings (SSSR count). The Morgan fingerprint density at radius 2 is 1.88 bits per heavy atom. The fourth-order valence-corrected chi connectivity index (χ4v) is 3.82. The molecule has 0 amide bonds. The molecule has 0 unspecified atom stereocenters. The molecule has 0 aromatic carbocycles. The van der Waals surface area contributed by atoms with Crippen molar-refractivity contribution in [2.24, 2.45) is 0 Å². The van der Waals surface area contributed by atoms with Gasteiger partial charge in [0.1, 0.15) is 5.69 Å². The van der Waals surface area contributed by atoms with Crippen LogP contribution in [0.15, 0.2) is 46.4 Å². The molecule has 0 saturated carbocycles. The highest BCUT2D eigenvalue weighted by Crippen LogP contribution is 2.16. The van der Waals surface area contributed by atoms with Gasteiger partial charge in [0.2, 0.25) is 11.7 Å². The first-order valence-corrected chi connectivity index (χ1v) is 9.46. The number of hydrogen-bond donors (Lipinski definition) is 0. The van der Waals surface area contributed by atoms with Crippen molar-refractivity contribution in [1.82, 2.24) is 24.9 Å². The maximum atomic E-state index is 5.42. The van der Waals surface area contributed by atoms with E-state index in [0.29, 0.717) is 18.3 Å². The molecular formula is C18H21N5OS. The van der Waals surface area contributed by atoms with Crippen LogP contribution in [0.4, 0.5) is 0 Å². The van der Waals surface area contributed by atoms with Crippen LogP contribution in [0.2, 0.25) is 0 Å². The first-order valence-electron chi connectivity index (χ1n) is 8.58. The summed E-state index contributed by atoms with van der Waals surface area (Å²) >= 11 is 1.83. The van der Waals surface area contributed by atoms with E-state index in [9.17, 15) is 0 Å². The third-order valence-corrected chi connectivity index (χ3v) is 5.22. The van der Waals surface area contributed by atoms with E-state index < -0.39 is 0 Å². The molecule has 3 aromatic heterocycles. The van der Waals surface area contributed by atoms with Crippen LogP contribution < -0.4 is 0 Å². The molecule has 0 spiro atoms. The molecule has 7 heteroatoms. The monoisotopic (exact) mass is 355 g/mol. The van der Waals surface area contributed by atoms with Crippen LogP contribution in [0.3, 0.4) is 0 Å². The zero-order chi connectivity index (χ0) is 16.9. The van der Waals surface area contributed by atoms with E-state index in [4.69, 9.17) is 4.52 Å². The second-order valence-corrected chi connectivity index (χ2v) is 7.24. The number of nitrogens with zero attached hydrogens (tertiary/aromatic N) is 5. The summed E-state index contributed by atoms with van der Waals surface area (Å²) in [7, 11) is 0. The average Bonchev–Trinajstić information content (AvgIpc) is 3.27. The number of pyridine rings is 1. The molecule has 0 radical (unpaired) electrons. The van der Waals surface area contributed by atoms with Gasteiger partial charge in [-0.1, -0.05) is 17.3 Å². The zero-order valence-corrected chi connectivity index (χ0v) is 14.9. The zero-order valence-electron chi connectivity index (χ0n) is 14.0. The molecular weight excluding hydrogens is 334 g/mol. The number of hydrogen-bond acceptors (Lipinski definition) is 7. The topological polar surface area (TPSA) is 58.3 Å². The lowest BCUT2D eigenvalue weighted by Gasteiger charge is -2.20. The maximum Gasteiger partial charge on any atom is 0.241 e. The second kappa shape index (κ2) is 7.86. The highest BCUT2D eigenvalue weighted by Gasteiger charge is 2.18. The fourth-order valence-electron chi connectivity index (χ4n) is 3.07. The standard InChI is InChI=1S/C18H21N5OS/c1-2-7-19-16(6-1)18-20-17(24-21-18)14-23-9-4-8-22(10-11-23)13-15-5-3-12-25-15/h1-3,5-7,12H,4,8-11,13-14H2. The summed E-state index contributed by atoms with van der Waals surface area (Å²) < 4.78 is 5.42. The maximum absolute atomic E-state index is 5.42. The van der Waals surface area contributed by atoms with Crippen LogP contribution in [-0.4, -0.2) is 51.1 Å². The molecule has 1 fully saturated rings. The van der Waals surface area contributed by atoms with Crippen molar-refractivity contribution in [3.63, 3.8) is 0 Å². The van der Waals surface area contributed by atoms with Crippen molar-refractivity contribution in [2.45, 2.75) is 19.5 Å². The first kappa shape index (κ1) is 16.4. The molecule has 6 nitrogen and oxygen atoms in total. The average molecular weight is 355 g/mol. The van der Waals surface area contributed by atoms with Gasteiger partial charge in [0.25, 0.3) is 0 Å². The molecule has 4 heterocycles. The Balaban J connectivity index is 1.33. The Morgan fingerprint density at radius 3 is 2.64 bits per heavy atom. The smallest absolute Gasteiger partial charge is 0.241 e. The first-order chi connectivity index (χ1) is 12.4. The van der Waals surface area contributed by atoms with E-state index in [0.717, 1.165) is 44.8 Å². The minimum atomic E-state index is 0.560. The van der Waals surface area contributed by atoms with Gasteiger partial charge >= 0.3 is 0 Å². The third kappa shape index (κ3) is 4.31. The Bertz CT molecular complexity index is 774. The van der Waals surface area contributed by atoms with E-state index in [-0.39, 0.29) is 0 Å². The summed E-state index contributed by atoms with van der Waals surface area (Å²) in [6.07, 6.45) is 2.90. The van der Waals surface area contributed by atoms with Crippen molar-refractivity contribution < 1.29 is 4.52 Å². The number of rotatable bonds is 5. The molecule has 25 heavy (non-hydrogen) atoms. The van der Waals surface area contributed by atoms with Crippen LogP contribution in [0, 0.1) is 0 Å². The van der Waals surface area contributed by atoms with E-state index in [2.05, 4.69) is 42.4 Å². The summed E-state index contributed by atoms with van der Waals surface area (Å²) in [5, 5.41) is 6.20. The highest BCUT2D eigenvalue weighted by atomic mass is 32.1. The van der Waals surface area contributed by atoms with E-state index in [1.54, 1.807) is 6.20 Å². The SMILES string of the molecule is c1ccc(-c2noc(CN3CCCN(Cc4cccs4)CC3)n2)nc1. The Morgan fingerprint density at radius 1 is 1.00 bits per heavy atom. The van der Waals surface area contributed by atoms with E-state index >= 15 is 0 Å².